The third-order valence-corrected chi connectivity index (χ3v) is 6.64. The number of nitrogens with one attached hydrogen (secondary N) is 3. The summed E-state index contributed by atoms with van der Waals surface area (Å²) in [7, 11) is 1.71. The van der Waals surface area contributed by atoms with Crippen molar-refractivity contribution in [3.8, 4) is 0 Å². The van der Waals surface area contributed by atoms with Gasteiger partial charge in [0.15, 0.2) is 0 Å². The summed E-state index contributed by atoms with van der Waals surface area (Å²) in [4.78, 5) is 41.2. The summed E-state index contributed by atoms with van der Waals surface area (Å²) in [6.45, 7) is 12.9. The van der Waals surface area contributed by atoms with Crippen LogP contribution in [0.25, 0.3) is 0 Å². The van der Waals surface area contributed by atoms with E-state index in [0.29, 0.717) is 25.4 Å². The number of nitrogens with zero attached hydrogens (tertiary/aromatic N) is 1. The first-order chi connectivity index (χ1) is 15.5. The van der Waals surface area contributed by atoms with E-state index in [4.69, 9.17) is 0 Å². The van der Waals surface area contributed by atoms with E-state index >= 15 is 0 Å². The molecule has 184 valence electrons. The number of carbonyl (C=O) groups excluding carboxylic acids is 3. The lowest BCUT2D eigenvalue weighted by atomic mass is 9.85. The predicted molar refractivity (Wildman–Crippen MR) is 132 cm³/mol. The van der Waals surface area contributed by atoms with Gasteiger partial charge in [-0.3, -0.25) is 14.4 Å². The van der Waals surface area contributed by atoms with Crippen molar-refractivity contribution in [2.75, 3.05) is 20.1 Å². The van der Waals surface area contributed by atoms with Crippen molar-refractivity contribution >= 4 is 17.7 Å². The summed E-state index contributed by atoms with van der Waals surface area (Å²) < 4.78 is 0. The Morgan fingerprint density at radius 2 is 1.73 bits per heavy atom. The normalized spacial score (nSPS) is 20.4. The van der Waals surface area contributed by atoms with Gasteiger partial charge in [-0.1, -0.05) is 65.0 Å². The van der Waals surface area contributed by atoms with Gasteiger partial charge < -0.3 is 20.9 Å². The summed E-state index contributed by atoms with van der Waals surface area (Å²) >= 11 is 0. The highest BCUT2D eigenvalue weighted by molar-refractivity contribution is 5.94. The lowest BCUT2D eigenvalue weighted by molar-refractivity contribution is -0.144. The average Bonchev–Trinajstić information content (AvgIpc) is 3.22. The molecule has 1 fully saturated rings. The Morgan fingerprint density at radius 1 is 1.09 bits per heavy atom. The van der Waals surface area contributed by atoms with Crippen LogP contribution in [0.2, 0.25) is 0 Å². The van der Waals surface area contributed by atoms with Crippen molar-refractivity contribution in [3.05, 3.63) is 35.9 Å². The quantitative estimate of drug-likeness (QED) is 0.530. The van der Waals surface area contributed by atoms with Crippen LogP contribution in [0.4, 0.5) is 0 Å². The highest BCUT2D eigenvalue weighted by atomic mass is 16.2. The molecule has 0 aromatic heterocycles. The number of amides is 3. The fourth-order valence-electron chi connectivity index (χ4n) is 4.15. The monoisotopic (exact) mass is 458 g/mol. The molecule has 0 saturated carbocycles. The van der Waals surface area contributed by atoms with Crippen LogP contribution in [0.15, 0.2) is 30.3 Å². The SMILES string of the molecule is CN[C@@H](C)C(=O)N[C@H](C(=O)N1C[C@@H](C(C)C)C[C@H]1C(=O)NCCc1ccccc1)C(C)(C)C. The van der Waals surface area contributed by atoms with E-state index < -0.39 is 23.5 Å². The molecule has 7 heteroatoms. The molecule has 7 nitrogen and oxygen atoms in total. The summed E-state index contributed by atoms with van der Waals surface area (Å²) in [5, 5.41) is 8.88. The lowest BCUT2D eigenvalue weighted by Gasteiger charge is -2.36. The molecule has 2 rings (SSSR count). The molecule has 1 aromatic rings. The topological polar surface area (TPSA) is 90.5 Å². The molecule has 4 atom stereocenters. The van der Waals surface area contributed by atoms with E-state index in [-0.39, 0.29) is 23.6 Å². The lowest BCUT2D eigenvalue weighted by Crippen LogP contribution is -2.59. The highest BCUT2D eigenvalue weighted by Crippen LogP contribution is 2.32. The van der Waals surface area contributed by atoms with E-state index in [0.717, 1.165) is 12.0 Å². The molecule has 1 heterocycles. The van der Waals surface area contributed by atoms with Crippen LogP contribution in [0.5, 0.6) is 0 Å². The minimum atomic E-state index is -0.716. The van der Waals surface area contributed by atoms with Crippen molar-refractivity contribution in [2.45, 2.75) is 72.5 Å². The van der Waals surface area contributed by atoms with Crippen molar-refractivity contribution in [2.24, 2.45) is 17.3 Å². The largest absolute Gasteiger partial charge is 0.354 e. The van der Waals surface area contributed by atoms with Crippen molar-refractivity contribution in [1.29, 1.82) is 0 Å². The number of carbonyl (C=O) groups is 3. The van der Waals surface area contributed by atoms with Crippen molar-refractivity contribution in [1.82, 2.24) is 20.9 Å². The van der Waals surface area contributed by atoms with Gasteiger partial charge in [-0.05, 0) is 49.6 Å². The first-order valence-electron chi connectivity index (χ1n) is 12.1. The first-order valence-corrected chi connectivity index (χ1v) is 12.1. The molecule has 33 heavy (non-hydrogen) atoms. The maximum Gasteiger partial charge on any atom is 0.246 e. The Hall–Kier alpha value is -2.41. The molecule has 0 unspecified atom stereocenters. The Bertz CT molecular complexity index is 804. The maximum atomic E-state index is 13.7. The Balaban J connectivity index is 2.16. The number of likely N-dealkylation sites (tertiary alicyclic amines) is 1. The Labute approximate surface area is 199 Å². The third-order valence-electron chi connectivity index (χ3n) is 6.64. The molecule has 1 aliphatic rings. The average molecular weight is 459 g/mol. The molecule has 3 amide bonds. The standard InChI is InChI=1S/C26H42N4O3/c1-17(2)20-15-21(24(32)28-14-13-19-11-9-8-10-12-19)30(16-20)25(33)22(26(4,5)6)29-23(31)18(3)27-7/h8-12,17-18,20-22,27H,13-16H2,1-7H3,(H,28,32)(H,29,31)/t18-,20-,21-,22+/m0/s1. The molecule has 0 aliphatic carbocycles. The first kappa shape index (κ1) is 26.8. The van der Waals surface area contributed by atoms with Gasteiger partial charge >= 0.3 is 0 Å². The van der Waals surface area contributed by atoms with Gasteiger partial charge in [0.05, 0.1) is 6.04 Å². The number of hydrogen-bond acceptors (Lipinski definition) is 4. The number of likely N-dealkylation sites (N-methyl/N-ethyl adjacent to an activating group) is 1. The minimum absolute atomic E-state index is 0.120. The van der Waals surface area contributed by atoms with E-state index in [1.54, 1.807) is 18.9 Å². The molecule has 0 bridgehead atoms. The van der Waals surface area contributed by atoms with Crippen LogP contribution >= 0.6 is 0 Å². The third kappa shape index (κ3) is 7.29. The van der Waals surface area contributed by atoms with Gasteiger partial charge in [0.1, 0.15) is 12.1 Å². The highest BCUT2D eigenvalue weighted by Gasteiger charge is 2.45. The van der Waals surface area contributed by atoms with Crippen LogP contribution < -0.4 is 16.0 Å². The molecule has 3 N–H and O–H groups in total. The van der Waals surface area contributed by atoms with E-state index in [1.165, 1.54) is 0 Å². The predicted octanol–water partition coefficient (Wildman–Crippen LogP) is 2.36. The second-order valence-electron chi connectivity index (χ2n) is 10.6. The summed E-state index contributed by atoms with van der Waals surface area (Å²) in [5.74, 6) is 0.0607. The van der Waals surface area contributed by atoms with Crippen LogP contribution in [-0.2, 0) is 20.8 Å². The minimum Gasteiger partial charge on any atom is -0.354 e. The second kappa shape index (κ2) is 11.6. The van der Waals surface area contributed by atoms with Gasteiger partial charge in [-0.2, -0.15) is 0 Å². The van der Waals surface area contributed by atoms with Gasteiger partial charge in [-0.25, -0.2) is 0 Å². The number of hydrogen-bond donors (Lipinski definition) is 3. The summed E-state index contributed by atoms with van der Waals surface area (Å²) in [5.41, 5.74) is 0.663. The molecule has 0 spiro atoms. The zero-order valence-corrected chi connectivity index (χ0v) is 21.3. The van der Waals surface area contributed by atoms with Gasteiger partial charge in [0.25, 0.3) is 0 Å². The second-order valence-corrected chi connectivity index (χ2v) is 10.6. The fourth-order valence-corrected chi connectivity index (χ4v) is 4.15. The van der Waals surface area contributed by atoms with Gasteiger partial charge in [0.2, 0.25) is 17.7 Å². The smallest absolute Gasteiger partial charge is 0.246 e. The Morgan fingerprint density at radius 3 is 2.27 bits per heavy atom. The summed E-state index contributed by atoms with van der Waals surface area (Å²) in [6, 6.07) is 8.36. The van der Waals surface area contributed by atoms with E-state index in [9.17, 15) is 14.4 Å². The van der Waals surface area contributed by atoms with Crippen LogP contribution in [0.1, 0.15) is 53.5 Å². The maximum absolute atomic E-state index is 13.7. The summed E-state index contributed by atoms with van der Waals surface area (Å²) in [6.07, 6.45) is 1.38. The molecular formula is C26H42N4O3. The molecule has 0 radical (unpaired) electrons. The van der Waals surface area contributed by atoms with E-state index in [1.807, 2.05) is 51.1 Å². The zero-order chi connectivity index (χ0) is 24.8. The van der Waals surface area contributed by atoms with Gasteiger partial charge in [-0.15, -0.1) is 0 Å². The number of benzene rings is 1. The van der Waals surface area contributed by atoms with Crippen molar-refractivity contribution < 1.29 is 14.4 Å². The van der Waals surface area contributed by atoms with Crippen LogP contribution in [-0.4, -0.2) is 60.9 Å². The molecule has 1 saturated heterocycles. The molecule has 1 aromatic carbocycles. The molecular weight excluding hydrogens is 416 g/mol. The van der Waals surface area contributed by atoms with E-state index in [2.05, 4.69) is 29.8 Å². The number of rotatable bonds is 9. The van der Waals surface area contributed by atoms with Crippen LogP contribution in [0, 0.1) is 17.3 Å². The molecule has 1 aliphatic heterocycles. The van der Waals surface area contributed by atoms with Gasteiger partial charge in [0, 0.05) is 13.1 Å². The zero-order valence-electron chi connectivity index (χ0n) is 21.3. The van der Waals surface area contributed by atoms with Crippen molar-refractivity contribution in [3.63, 3.8) is 0 Å². The van der Waals surface area contributed by atoms with Crippen LogP contribution in [0.3, 0.4) is 0 Å². The fraction of sp³-hybridized carbons (Fsp3) is 0.654. The Kier molecular flexibility index (Phi) is 9.46.